The number of quaternary nitrogens is 3. The van der Waals surface area contributed by atoms with E-state index in [2.05, 4.69) is 62.3 Å². The largest absolute Gasteiger partial charge is 0.652 e. The molecule has 29 heavy (non-hydrogen) atoms. The number of hydrogen-bond acceptors (Lipinski definition) is 5. The van der Waals surface area contributed by atoms with Gasteiger partial charge in [-0.2, -0.15) is 0 Å². The van der Waals surface area contributed by atoms with E-state index in [-0.39, 0.29) is 0 Å². The summed E-state index contributed by atoms with van der Waals surface area (Å²) in [5.74, 6) is 0. The maximum absolute atomic E-state index is 8.44. The van der Waals surface area contributed by atoms with E-state index in [1.54, 1.807) is 14.7 Å². The highest BCUT2D eigenvalue weighted by atomic mass is 16.6. The van der Waals surface area contributed by atoms with Crippen molar-refractivity contribution in [3.05, 3.63) is 0 Å². The van der Waals surface area contributed by atoms with Crippen LogP contribution < -0.4 is 30.0 Å². The van der Waals surface area contributed by atoms with E-state index in [4.69, 9.17) is 30.0 Å². The third-order valence-corrected chi connectivity index (χ3v) is 4.50. The van der Waals surface area contributed by atoms with Crippen molar-refractivity contribution < 1.29 is 44.7 Å². The van der Waals surface area contributed by atoms with E-state index >= 15 is 0 Å². The molecule has 0 bridgehead atoms. The summed E-state index contributed by atoms with van der Waals surface area (Å²) in [6.07, 6.45) is -4.42. The highest BCUT2D eigenvalue weighted by molar-refractivity contribution is 5.50. The first-order valence-corrected chi connectivity index (χ1v) is 10.8. The van der Waals surface area contributed by atoms with E-state index in [1.807, 2.05) is 0 Å². The topological polar surface area (TPSA) is 137 Å². The summed E-state index contributed by atoms with van der Waals surface area (Å²) in [7, 11) is 0. The fourth-order valence-electron chi connectivity index (χ4n) is 2.25. The molecule has 0 fully saturated rings. The van der Waals surface area contributed by atoms with Crippen LogP contribution in [0.2, 0.25) is 0 Å². The molecule has 0 rings (SSSR count). The molecule has 0 saturated heterocycles. The van der Waals surface area contributed by atoms with E-state index in [0.29, 0.717) is 0 Å². The maximum Gasteiger partial charge on any atom is 0.249 e. The Morgan fingerprint density at radius 3 is 0.586 bits per heavy atom. The van der Waals surface area contributed by atoms with Crippen LogP contribution in [0.15, 0.2) is 0 Å². The van der Waals surface area contributed by atoms with Crippen molar-refractivity contribution in [3.63, 3.8) is 0 Å². The van der Waals surface area contributed by atoms with Crippen LogP contribution in [-0.2, 0) is 0 Å². The Hall–Kier alpha value is -1.58. The van der Waals surface area contributed by atoms with Crippen molar-refractivity contribution in [2.45, 2.75) is 62.3 Å². The summed E-state index contributed by atoms with van der Waals surface area (Å²) in [5, 5.41) is 32.0. The minimum absolute atomic E-state index is 1.27. The zero-order chi connectivity index (χ0) is 24.3. The first-order valence-electron chi connectivity index (χ1n) is 10.8. The van der Waals surface area contributed by atoms with Gasteiger partial charge in [-0.3, -0.25) is 0 Å². The Labute approximate surface area is 178 Å². The molecule has 0 aromatic carbocycles. The van der Waals surface area contributed by atoms with Crippen LogP contribution in [0, 0.1) is 0 Å². The Kier molecular flexibility index (Phi) is 44.6. The monoisotopic (exact) mass is 427 g/mol. The molecular weight excluding hydrogens is 378 g/mol. The smallest absolute Gasteiger partial charge is 0.249 e. The molecule has 9 nitrogen and oxygen atoms in total. The molecule has 0 heterocycles. The minimum atomic E-state index is -2.33. The lowest BCUT2D eigenvalue weighted by molar-refractivity contribution is -0.894. The molecule has 0 radical (unpaired) electrons. The SMILES string of the molecule is CC[NH+](CC)CC.CC[NH+](CC)CC.CC[NH+](CC)CC.O=C([O-])O.O=C([O-])[O-]. The van der Waals surface area contributed by atoms with Gasteiger partial charge in [0.1, 0.15) is 0 Å². The maximum atomic E-state index is 8.44. The lowest BCUT2D eigenvalue weighted by atomic mass is 10.5. The first-order chi connectivity index (χ1) is 13.5. The molecule has 4 N–H and O–H groups in total. The number of carbonyl (C=O) groups excluding carboxylic acids is 1. The van der Waals surface area contributed by atoms with E-state index in [1.165, 1.54) is 58.9 Å². The quantitative estimate of drug-likeness (QED) is 0.298. The summed E-state index contributed by atoms with van der Waals surface area (Å²) in [6.45, 7) is 31.5. The number of rotatable bonds is 9. The Bertz CT molecular complexity index is 244. The van der Waals surface area contributed by atoms with E-state index in [9.17, 15) is 0 Å². The Balaban J connectivity index is -0.0000000847. The van der Waals surface area contributed by atoms with Crippen LogP contribution in [-0.4, -0.2) is 76.3 Å². The van der Waals surface area contributed by atoms with Gasteiger partial charge in [0.2, 0.25) is 6.16 Å². The molecule has 0 aliphatic rings. The molecule has 180 valence electrons. The van der Waals surface area contributed by atoms with Gasteiger partial charge in [-0.25, -0.2) is 0 Å². The first kappa shape index (κ1) is 38.1. The van der Waals surface area contributed by atoms with Gasteiger partial charge in [-0.05, 0) is 68.5 Å². The molecular formula is C20H49N3O6. The fourth-order valence-corrected chi connectivity index (χ4v) is 2.25. The molecule has 0 amide bonds. The third kappa shape index (κ3) is 58.4. The van der Waals surface area contributed by atoms with Gasteiger partial charge in [0, 0.05) is 0 Å². The standard InChI is InChI=1S/3C6H15N.2CH2O3/c3*1-4-7(5-2)6-3;2*2-1(3)4/h3*4-6H2,1-3H3;2*(H2,2,3,4). The second kappa shape index (κ2) is 34.0. The molecule has 0 aromatic rings. The predicted molar refractivity (Wildman–Crippen MR) is 111 cm³/mol. The van der Waals surface area contributed by atoms with Crippen LogP contribution in [0.3, 0.4) is 0 Å². The second-order valence-electron chi connectivity index (χ2n) is 5.95. The Morgan fingerprint density at radius 2 is 0.586 bits per heavy atom. The molecule has 0 aromatic heterocycles. The summed E-state index contributed by atoms with van der Waals surface area (Å²) in [4.78, 5) is 21.8. The highest BCUT2D eigenvalue weighted by Gasteiger charge is 1.94. The number of carbonyl (C=O) groups is 2. The third-order valence-electron chi connectivity index (χ3n) is 4.50. The van der Waals surface area contributed by atoms with Gasteiger partial charge in [-0.15, -0.1) is 0 Å². The van der Waals surface area contributed by atoms with E-state index < -0.39 is 12.3 Å². The van der Waals surface area contributed by atoms with E-state index in [0.717, 1.165) is 0 Å². The lowest BCUT2D eigenvalue weighted by Crippen LogP contribution is -3.11. The van der Waals surface area contributed by atoms with Gasteiger partial charge >= 0.3 is 0 Å². The van der Waals surface area contributed by atoms with Crippen LogP contribution >= 0.6 is 0 Å². The van der Waals surface area contributed by atoms with Crippen LogP contribution in [0.1, 0.15) is 62.3 Å². The average molecular weight is 428 g/mol. The molecule has 0 unspecified atom stereocenters. The summed E-state index contributed by atoms with van der Waals surface area (Å²) in [5.41, 5.74) is 0. The predicted octanol–water partition coefficient (Wildman–Crippen LogP) is -3.77. The van der Waals surface area contributed by atoms with Gasteiger partial charge in [0.05, 0.1) is 58.9 Å². The van der Waals surface area contributed by atoms with Gasteiger partial charge < -0.3 is 44.7 Å². The molecule has 0 saturated carbocycles. The molecule has 0 spiro atoms. The molecule has 0 aliphatic heterocycles. The number of hydrogen-bond donors (Lipinski definition) is 4. The van der Waals surface area contributed by atoms with Crippen LogP contribution in [0.4, 0.5) is 9.59 Å². The van der Waals surface area contributed by atoms with Gasteiger partial charge in [0.15, 0.2) is 0 Å². The van der Waals surface area contributed by atoms with Crippen molar-refractivity contribution in [2.24, 2.45) is 0 Å². The van der Waals surface area contributed by atoms with Crippen molar-refractivity contribution in [1.29, 1.82) is 0 Å². The minimum Gasteiger partial charge on any atom is -0.652 e. The highest BCUT2D eigenvalue weighted by Crippen LogP contribution is 1.47. The zero-order valence-electron chi connectivity index (χ0n) is 20.4. The van der Waals surface area contributed by atoms with Crippen molar-refractivity contribution >= 4 is 12.3 Å². The summed E-state index contributed by atoms with van der Waals surface area (Å²) < 4.78 is 0. The van der Waals surface area contributed by atoms with Gasteiger partial charge in [0.25, 0.3) is 0 Å². The van der Waals surface area contributed by atoms with Crippen LogP contribution in [0.25, 0.3) is 0 Å². The summed E-state index contributed by atoms with van der Waals surface area (Å²) in [6, 6.07) is 0. The van der Waals surface area contributed by atoms with Gasteiger partial charge in [-0.1, -0.05) is 0 Å². The zero-order valence-corrected chi connectivity index (χ0v) is 20.4. The number of nitrogens with one attached hydrogen (secondary N) is 3. The second-order valence-corrected chi connectivity index (χ2v) is 5.95. The van der Waals surface area contributed by atoms with Crippen LogP contribution in [0.5, 0.6) is 0 Å². The molecule has 0 atom stereocenters. The number of carboxylic acid groups (broad SMARTS) is 4. The lowest BCUT2D eigenvalue weighted by Gasteiger charge is -2.10. The van der Waals surface area contributed by atoms with Crippen molar-refractivity contribution in [3.8, 4) is 0 Å². The van der Waals surface area contributed by atoms with Crippen molar-refractivity contribution in [1.82, 2.24) is 0 Å². The Morgan fingerprint density at radius 1 is 0.517 bits per heavy atom. The van der Waals surface area contributed by atoms with Crippen molar-refractivity contribution in [2.75, 3.05) is 58.9 Å². The average Bonchev–Trinajstić information content (AvgIpc) is 2.66. The normalized spacial score (nSPS) is 9.10. The molecule has 0 aliphatic carbocycles. The molecule has 9 heteroatoms. The summed E-state index contributed by atoms with van der Waals surface area (Å²) >= 11 is 0. The fraction of sp³-hybridized carbons (Fsp3) is 0.900.